The van der Waals surface area contributed by atoms with Crippen molar-refractivity contribution in [3.63, 3.8) is 0 Å². The number of hydrogen-bond acceptors (Lipinski definition) is 4. The average Bonchev–Trinajstić information content (AvgIpc) is 3.23. The predicted octanol–water partition coefficient (Wildman–Crippen LogP) is 7.70. The number of azo groups is 1. The Bertz CT molecular complexity index is 1310. The van der Waals surface area contributed by atoms with Gasteiger partial charge >= 0.3 is 0 Å². The number of nitrogens with one attached hydrogen (secondary N) is 1. The standard InChI is InChI=1S/C27H21N5/c1-5-13-21(14-6-1)25-26(30-29-23-17-9-3-10-18-23)27(28-22-15-7-2-8-16-22)32(31-25)24-19-11-4-12-20-24/h1-20,28H. The van der Waals surface area contributed by atoms with Crippen LogP contribution < -0.4 is 5.32 Å². The third-order valence-corrected chi connectivity index (χ3v) is 4.97. The van der Waals surface area contributed by atoms with Crippen LogP contribution >= 0.6 is 0 Å². The lowest BCUT2D eigenvalue weighted by atomic mass is 10.1. The maximum absolute atomic E-state index is 4.96. The van der Waals surface area contributed by atoms with Crippen molar-refractivity contribution in [3.05, 3.63) is 121 Å². The van der Waals surface area contributed by atoms with E-state index in [2.05, 4.69) is 15.5 Å². The number of aromatic nitrogens is 2. The lowest BCUT2D eigenvalue weighted by molar-refractivity contribution is 0.892. The van der Waals surface area contributed by atoms with Crippen LogP contribution in [0, 0.1) is 0 Å². The molecule has 0 fully saturated rings. The number of rotatable bonds is 6. The first-order chi connectivity index (χ1) is 15.9. The molecule has 0 radical (unpaired) electrons. The maximum atomic E-state index is 4.96. The van der Waals surface area contributed by atoms with Gasteiger partial charge in [-0.1, -0.05) is 84.9 Å². The molecular formula is C27H21N5. The van der Waals surface area contributed by atoms with E-state index in [0.29, 0.717) is 5.69 Å². The Morgan fingerprint density at radius 3 is 1.81 bits per heavy atom. The lowest BCUT2D eigenvalue weighted by Gasteiger charge is -2.10. The second kappa shape index (κ2) is 9.10. The van der Waals surface area contributed by atoms with Crippen LogP contribution in [-0.4, -0.2) is 9.78 Å². The van der Waals surface area contributed by atoms with E-state index in [0.717, 1.165) is 34.1 Å². The highest BCUT2D eigenvalue weighted by Gasteiger charge is 2.21. The molecule has 0 aliphatic rings. The molecule has 4 aromatic carbocycles. The monoisotopic (exact) mass is 415 g/mol. The molecule has 0 aliphatic heterocycles. The summed E-state index contributed by atoms with van der Waals surface area (Å²) in [5.41, 5.74) is 5.06. The Hall–Kier alpha value is -4.51. The molecule has 0 atom stereocenters. The maximum Gasteiger partial charge on any atom is 0.162 e. The van der Waals surface area contributed by atoms with Gasteiger partial charge in [-0.25, -0.2) is 4.68 Å². The first kappa shape index (κ1) is 19.5. The van der Waals surface area contributed by atoms with Crippen molar-refractivity contribution in [1.29, 1.82) is 0 Å². The SMILES string of the molecule is c1ccc(N=Nc2c(-c3ccccc3)nn(-c3ccccc3)c2Nc2ccccc2)cc1. The van der Waals surface area contributed by atoms with Gasteiger partial charge in [-0.15, -0.1) is 5.11 Å². The van der Waals surface area contributed by atoms with E-state index >= 15 is 0 Å². The topological polar surface area (TPSA) is 54.6 Å². The average molecular weight is 416 g/mol. The van der Waals surface area contributed by atoms with Gasteiger partial charge in [0, 0.05) is 11.3 Å². The molecule has 0 bridgehead atoms. The molecular weight excluding hydrogens is 394 g/mol. The van der Waals surface area contributed by atoms with Crippen LogP contribution in [0.15, 0.2) is 132 Å². The summed E-state index contributed by atoms with van der Waals surface area (Å²) in [5, 5.41) is 17.7. The second-order valence-corrected chi connectivity index (χ2v) is 7.19. The molecule has 154 valence electrons. The molecule has 5 heteroatoms. The Morgan fingerprint density at radius 2 is 1.16 bits per heavy atom. The van der Waals surface area contributed by atoms with Crippen LogP contribution in [0.3, 0.4) is 0 Å². The van der Waals surface area contributed by atoms with Crippen molar-refractivity contribution < 1.29 is 0 Å². The molecule has 1 heterocycles. The molecule has 5 rings (SSSR count). The highest BCUT2D eigenvalue weighted by atomic mass is 15.4. The third kappa shape index (κ3) is 4.18. The highest BCUT2D eigenvalue weighted by Crippen LogP contribution is 2.40. The first-order valence-corrected chi connectivity index (χ1v) is 10.4. The molecule has 32 heavy (non-hydrogen) atoms. The largest absolute Gasteiger partial charge is 0.338 e. The minimum atomic E-state index is 0.674. The van der Waals surface area contributed by atoms with Crippen molar-refractivity contribution in [2.75, 3.05) is 5.32 Å². The number of anilines is 2. The van der Waals surface area contributed by atoms with E-state index in [1.54, 1.807) is 0 Å². The Labute approximate surface area is 186 Å². The summed E-state index contributed by atoms with van der Waals surface area (Å²) in [4.78, 5) is 0. The van der Waals surface area contributed by atoms with Gasteiger partial charge in [0.2, 0.25) is 0 Å². The van der Waals surface area contributed by atoms with Gasteiger partial charge in [0.1, 0.15) is 5.69 Å². The third-order valence-electron chi connectivity index (χ3n) is 4.97. The molecule has 0 amide bonds. The quantitative estimate of drug-likeness (QED) is 0.289. The van der Waals surface area contributed by atoms with Gasteiger partial charge in [0.25, 0.3) is 0 Å². The summed E-state index contributed by atoms with van der Waals surface area (Å²) in [6.07, 6.45) is 0. The number of para-hydroxylation sites is 2. The van der Waals surface area contributed by atoms with Crippen molar-refractivity contribution in [1.82, 2.24) is 9.78 Å². The van der Waals surface area contributed by atoms with E-state index < -0.39 is 0 Å². The predicted molar refractivity (Wildman–Crippen MR) is 129 cm³/mol. The number of nitrogens with zero attached hydrogens (tertiary/aromatic N) is 4. The van der Waals surface area contributed by atoms with Crippen LogP contribution in [0.5, 0.6) is 0 Å². The first-order valence-electron chi connectivity index (χ1n) is 10.4. The van der Waals surface area contributed by atoms with Gasteiger partial charge < -0.3 is 5.32 Å². The van der Waals surface area contributed by atoms with Crippen LogP contribution in [-0.2, 0) is 0 Å². The summed E-state index contributed by atoms with van der Waals surface area (Å²) in [7, 11) is 0. The molecule has 0 unspecified atom stereocenters. The van der Waals surface area contributed by atoms with Crippen LogP contribution in [0.2, 0.25) is 0 Å². The van der Waals surface area contributed by atoms with Crippen LogP contribution in [0.4, 0.5) is 22.9 Å². The zero-order valence-electron chi connectivity index (χ0n) is 17.3. The Balaban J connectivity index is 1.72. The summed E-state index contributed by atoms with van der Waals surface area (Å²) >= 11 is 0. The minimum Gasteiger partial charge on any atom is -0.338 e. The van der Waals surface area contributed by atoms with E-state index in [4.69, 9.17) is 5.10 Å². The number of benzene rings is 4. The fourth-order valence-electron chi connectivity index (χ4n) is 3.42. The Kier molecular flexibility index (Phi) is 5.53. The van der Waals surface area contributed by atoms with E-state index in [9.17, 15) is 0 Å². The lowest BCUT2D eigenvalue weighted by Crippen LogP contribution is -2.02. The zero-order chi connectivity index (χ0) is 21.6. The van der Waals surface area contributed by atoms with Gasteiger partial charge in [0.05, 0.1) is 11.4 Å². The molecule has 1 aromatic heterocycles. The van der Waals surface area contributed by atoms with Gasteiger partial charge in [-0.2, -0.15) is 10.2 Å². The normalized spacial score (nSPS) is 11.0. The summed E-state index contributed by atoms with van der Waals surface area (Å²) in [6, 6.07) is 39.8. The van der Waals surface area contributed by atoms with E-state index in [1.807, 2.05) is 126 Å². The van der Waals surface area contributed by atoms with Crippen molar-refractivity contribution in [3.8, 4) is 16.9 Å². The van der Waals surface area contributed by atoms with Crippen molar-refractivity contribution in [2.45, 2.75) is 0 Å². The van der Waals surface area contributed by atoms with Gasteiger partial charge in [-0.05, 0) is 36.4 Å². The smallest absolute Gasteiger partial charge is 0.162 e. The number of hydrogen-bond donors (Lipinski definition) is 1. The molecule has 0 spiro atoms. The molecule has 5 nitrogen and oxygen atoms in total. The summed E-state index contributed by atoms with van der Waals surface area (Å²) in [5.74, 6) is 0.751. The zero-order valence-corrected chi connectivity index (χ0v) is 17.3. The van der Waals surface area contributed by atoms with E-state index in [-0.39, 0.29) is 0 Å². The fraction of sp³-hybridized carbons (Fsp3) is 0. The molecule has 0 saturated heterocycles. The summed E-state index contributed by atoms with van der Waals surface area (Å²) < 4.78 is 1.88. The molecule has 0 aliphatic carbocycles. The Morgan fingerprint density at radius 1 is 0.594 bits per heavy atom. The van der Waals surface area contributed by atoms with Crippen LogP contribution in [0.1, 0.15) is 0 Å². The van der Waals surface area contributed by atoms with Gasteiger partial charge in [-0.3, -0.25) is 0 Å². The van der Waals surface area contributed by atoms with Gasteiger partial charge in [0.15, 0.2) is 11.5 Å². The minimum absolute atomic E-state index is 0.674. The van der Waals surface area contributed by atoms with Crippen molar-refractivity contribution >= 4 is 22.9 Å². The highest BCUT2D eigenvalue weighted by molar-refractivity contribution is 5.84. The molecule has 5 aromatic rings. The van der Waals surface area contributed by atoms with Crippen molar-refractivity contribution in [2.24, 2.45) is 10.2 Å². The molecule has 1 N–H and O–H groups in total. The summed E-state index contributed by atoms with van der Waals surface area (Å²) in [6.45, 7) is 0. The molecule has 0 saturated carbocycles. The van der Waals surface area contributed by atoms with E-state index in [1.165, 1.54) is 0 Å². The van der Waals surface area contributed by atoms with Crippen LogP contribution in [0.25, 0.3) is 16.9 Å². The fourth-order valence-corrected chi connectivity index (χ4v) is 3.42. The second-order valence-electron chi connectivity index (χ2n) is 7.19.